The Kier molecular flexibility index (Phi) is 4.45. The van der Waals surface area contributed by atoms with Crippen LogP contribution in [0.15, 0.2) is 48.8 Å². The maximum Gasteiger partial charge on any atom is 0.323 e. The Bertz CT molecular complexity index is 896. The maximum atomic E-state index is 12.2. The van der Waals surface area contributed by atoms with Gasteiger partial charge in [-0.2, -0.15) is 0 Å². The largest absolute Gasteiger partial charge is 0.369 e. The van der Waals surface area contributed by atoms with Gasteiger partial charge in [0, 0.05) is 43.2 Å². The fourth-order valence-corrected chi connectivity index (χ4v) is 3.13. The van der Waals surface area contributed by atoms with Gasteiger partial charge in [-0.05, 0) is 49.5 Å². The van der Waals surface area contributed by atoms with Gasteiger partial charge >= 0.3 is 6.03 Å². The second kappa shape index (κ2) is 7.05. The molecule has 0 spiro atoms. The Balaban J connectivity index is 1.36. The van der Waals surface area contributed by atoms with E-state index >= 15 is 0 Å². The molecule has 7 nitrogen and oxygen atoms in total. The molecule has 26 heavy (non-hydrogen) atoms. The lowest BCUT2D eigenvalue weighted by Gasteiger charge is -2.34. The number of nitrogens with zero attached hydrogens (tertiary/aromatic N) is 3. The second-order valence-electron chi connectivity index (χ2n) is 6.55. The van der Waals surface area contributed by atoms with Crippen LogP contribution in [0.5, 0.6) is 0 Å². The van der Waals surface area contributed by atoms with Gasteiger partial charge in [0.25, 0.3) is 0 Å². The molecule has 0 bridgehead atoms. The van der Waals surface area contributed by atoms with Crippen molar-refractivity contribution in [3.05, 3.63) is 48.8 Å². The van der Waals surface area contributed by atoms with Gasteiger partial charge in [0.15, 0.2) is 0 Å². The van der Waals surface area contributed by atoms with E-state index in [4.69, 9.17) is 0 Å². The molecule has 0 saturated carbocycles. The number of likely N-dealkylation sites (N-methyl/N-ethyl adjacent to an activating group) is 1. The predicted molar refractivity (Wildman–Crippen MR) is 105 cm³/mol. The van der Waals surface area contributed by atoms with Gasteiger partial charge in [0.2, 0.25) is 0 Å². The Morgan fingerprint density at radius 2 is 1.69 bits per heavy atom. The van der Waals surface area contributed by atoms with Gasteiger partial charge < -0.3 is 25.4 Å². The first-order valence-electron chi connectivity index (χ1n) is 8.72. The zero-order valence-corrected chi connectivity index (χ0v) is 14.7. The van der Waals surface area contributed by atoms with Gasteiger partial charge in [-0.3, -0.25) is 0 Å². The van der Waals surface area contributed by atoms with Crippen LogP contribution in [0.25, 0.3) is 11.0 Å². The van der Waals surface area contributed by atoms with E-state index in [0.717, 1.165) is 42.9 Å². The number of rotatable bonds is 3. The summed E-state index contributed by atoms with van der Waals surface area (Å²) in [5.41, 5.74) is 4.43. The van der Waals surface area contributed by atoms with Gasteiger partial charge in [-0.1, -0.05) is 0 Å². The van der Waals surface area contributed by atoms with Crippen molar-refractivity contribution in [2.45, 2.75) is 0 Å². The molecule has 2 heterocycles. The van der Waals surface area contributed by atoms with Crippen molar-refractivity contribution in [3.63, 3.8) is 0 Å². The molecule has 0 atom stereocenters. The van der Waals surface area contributed by atoms with Crippen molar-refractivity contribution in [1.82, 2.24) is 14.9 Å². The Hall–Kier alpha value is -3.06. The summed E-state index contributed by atoms with van der Waals surface area (Å²) < 4.78 is 0. The van der Waals surface area contributed by atoms with Crippen molar-refractivity contribution in [1.29, 1.82) is 0 Å². The third-order valence-corrected chi connectivity index (χ3v) is 4.67. The Morgan fingerprint density at radius 1 is 1.00 bits per heavy atom. The van der Waals surface area contributed by atoms with Gasteiger partial charge in [-0.15, -0.1) is 0 Å². The first-order valence-corrected chi connectivity index (χ1v) is 8.72. The number of fused-ring (bicyclic) bond motifs is 1. The third-order valence-electron chi connectivity index (χ3n) is 4.67. The van der Waals surface area contributed by atoms with E-state index < -0.39 is 0 Å². The molecule has 1 aliphatic rings. The van der Waals surface area contributed by atoms with Crippen LogP contribution in [0.1, 0.15) is 0 Å². The van der Waals surface area contributed by atoms with Crippen LogP contribution < -0.4 is 15.5 Å². The fourth-order valence-electron chi connectivity index (χ4n) is 3.13. The number of amides is 2. The number of hydrogen-bond acceptors (Lipinski definition) is 4. The van der Waals surface area contributed by atoms with Crippen molar-refractivity contribution in [2.24, 2.45) is 0 Å². The molecule has 1 saturated heterocycles. The number of aromatic nitrogens is 2. The summed E-state index contributed by atoms with van der Waals surface area (Å²) in [5, 5.41) is 5.71. The minimum Gasteiger partial charge on any atom is -0.369 e. The normalized spacial score (nSPS) is 15.2. The Morgan fingerprint density at radius 3 is 2.46 bits per heavy atom. The first kappa shape index (κ1) is 16.4. The molecule has 1 aliphatic heterocycles. The average Bonchev–Trinajstić information content (AvgIpc) is 3.11. The summed E-state index contributed by atoms with van der Waals surface area (Å²) in [5.74, 6) is 0. The van der Waals surface area contributed by atoms with E-state index in [2.05, 4.69) is 49.6 Å². The molecule has 3 N–H and O–H groups in total. The van der Waals surface area contributed by atoms with Crippen LogP contribution in [-0.4, -0.2) is 54.1 Å². The van der Waals surface area contributed by atoms with Crippen LogP contribution >= 0.6 is 0 Å². The number of nitrogens with one attached hydrogen (secondary N) is 3. The molecule has 7 heteroatoms. The minimum atomic E-state index is -0.267. The standard InChI is InChI=1S/C19H22N6O/c1-24-8-10-25(11-9-24)16-5-2-14(3-6-16)22-19(26)23-15-4-7-17-18(12-15)21-13-20-17/h2-7,12-13H,8-11H2,1H3,(H,20,21)(H2,22,23,26). The number of H-pyrrole nitrogens is 1. The van der Waals surface area contributed by atoms with Crippen LogP contribution in [0, 0.1) is 0 Å². The zero-order chi connectivity index (χ0) is 17.9. The number of carbonyl (C=O) groups excluding carboxylic acids is 1. The monoisotopic (exact) mass is 350 g/mol. The first-order chi connectivity index (χ1) is 12.7. The van der Waals surface area contributed by atoms with E-state index in [1.165, 1.54) is 5.69 Å². The number of piperazine rings is 1. The lowest BCUT2D eigenvalue weighted by molar-refractivity contribution is 0.262. The summed E-state index contributed by atoms with van der Waals surface area (Å²) in [6, 6.07) is 13.3. The number of hydrogen-bond donors (Lipinski definition) is 3. The topological polar surface area (TPSA) is 76.3 Å². The molecule has 134 valence electrons. The van der Waals surface area contributed by atoms with Crippen molar-refractivity contribution >= 4 is 34.1 Å². The molecule has 0 radical (unpaired) electrons. The third kappa shape index (κ3) is 3.62. The second-order valence-corrected chi connectivity index (χ2v) is 6.55. The summed E-state index contributed by atoms with van der Waals surface area (Å²) in [7, 11) is 2.15. The molecular weight excluding hydrogens is 328 g/mol. The molecule has 0 unspecified atom stereocenters. The van der Waals surface area contributed by atoms with E-state index in [-0.39, 0.29) is 6.03 Å². The summed E-state index contributed by atoms with van der Waals surface area (Å²) >= 11 is 0. The molecular formula is C19H22N6O. The van der Waals surface area contributed by atoms with Gasteiger partial charge in [0.05, 0.1) is 17.4 Å². The van der Waals surface area contributed by atoms with E-state index in [1.54, 1.807) is 6.33 Å². The number of anilines is 3. The Labute approximate surface area is 152 Å². The average molecular weight is 350 g/mol. The fraction of sp³-hybridized carbons (Fsp3) is 0.263. The predicted octanol–water partition coefficient (Wildman–Crippen LogP) is 2.96. The van der Waals surface area contributed by atoms with Crippen molar-refractivity contribution in [2.75, 3.05) is 48.8 Å². The number of imidazole rings is 1. The lowest BCUT2D eigenvalue weighted by Crippen LogP contribution is -2.44. The number of carbonyl (C=O) groups is 1. The van der Waals surface area contributed by atoms with E-state index in [0.29, 0.717) is 5.69 Å². The zero-order valence-electron chi connectivity index (χ0n) is 14.7. The molecule has 4 rings (SSSR count). The molecule has 2 aromatic carbocycles. The number of urea groups is 1. The highest BCUT2D eigenvalue weighted by molar-refractivity contribution is 6.00. The van der Waals surface area contributed by atoms with Gasteiger partial charge in [0.1, 0.15) is 0 Å². The highest BCUT2D eigenvalue weighted by atomic mass is 16.2. The van der Waals surface area contributed by atoms with E-state index in [1.807, 2.05) is 30.3 Å². The molecule has 3 aromatic rings. The summed E-state index contributed by atoms with van der Waals surface area (Å²) in [6.45, 7) is 4.20. The number of benzene rings is 2. The van der Waals surface area contributed by atoms with Crippen LogP contribution in [0.2, 0.25) is 0 Å². The van der Waals surface area contributed by atoms with Crippen molar-refractivity contribution < 1.29 is 4.79 Å². The summed E-state index contributed by atoms with van der Waals surface area (Å²) in [4.78, 5) is 24.1. The van der Waals surface area contributed by atoms with Crippen molar-refractivity contribution in [3.8, 4) is 0 Å². The quantitative estimate of drug-likeness (QED) is 0.679. The van der Waals surface area contributed by atoms with Crippen LogP contribution in [0.3, 0.4) is 0 Å². The summed E-state index contributed by atoms with van der Waals surface area (Å²) in [6.07, 6.45) is 1.64. The SMILES string of the molecule is CN1CCN(c2ccc(NC(=O)Nc3ccc4nc[nH]c4c3)cc2)CC1. The molecule has 1 aromatic heterocycles. The van der Waals surface area contributed by atoms with E-state index in [9.17, 15) is 4.79 Å². The maximum absolute atomic E-state index is 12.2. The smallest absolute Gasteiger partial charge is 0.323 e. The number of aromatic amines is 1. The molecule has 0 aliphatic carbocycles. The van der Waals surface area contributed by atoms with Gasteiger partial charge in [-0.25, -0.2) is 9.78 Å². The highest BCUT2D eigenvalue weighted by Crippen LogP contribution is 2.20. The highest BCUT2D eigenvalue weighted by Gasteiger charge is 2.14. The molecule has 1 fully saturated rings. The lowest BCUT2D eigenvalue weighted by atomic mass is 10.2. The van der Waals surface area contributed by atoms with Crippen LogP contribution in [0.4, 0.5) is 21.9 Å². The molecule has 2 amide bonds. The van der Waals surface area contributed by atoms with Crippen LogP contribution in [-0.2, 0) is 0 Å². The minimum absolute atomic E-state index is 0.267.